The van der Waals surface area contributed by atoms with Crippen LogP contribution in [0.3, 0.4) is 0 Å². The predicted molar refractivity (Wildman–Crippen MR) is 93.3 cm³/mol. The molecule has 24 heavy (non-hydrogen) atoms. The molecule has 0 aromatic carbocycles. The molecule has 0 unspecified atom stereocenters. The number of rotatable bonds is 6. The third-order valence-electron chi connectivity index (χ3n) is 4.71. The first-order chi connectivity index (χ1) is 11.5. The molecule has 1 saturated heterocycles. The minimum atomic E-state index is -1.01. The topological polar surface area (TPSA) is 82.5 Å². The summed E-state index contributed by atoms with van der Waals surface area (Å²) >= 11 is 0. The van der Waals surface area contributed by atoms with Crippen LogP contribution >= 0.6 is 0 Å². The van der Waals surface area contributed by atoms with Crippen LogP contribution < -0.4 is 10.2 Å². The summed E-state index contributed by atoms with van der Waals surface area (Å²) in [5.74, 6) is -0.648. The number of anilines is 1. The molecule has 0 radical (unpaired) electrons. The molecule has 2 rings (SSSR count). The number of carbonyl (C=O) groups excluding carboxylic acids is 1. The largest absolute Gasteiger partial charge is 0.480 e. The van der Waals surface area contributed by atoms with Gasteiger partial charge in [-0.1, -0.05) is 33.1 Å². The van der Waals surface area contributed by atoms with E-state index in [-0.39, 0.29) is 5.92 Å². The normalized spacial score (nSPS) is 17.7. The quantitative estimate of drug-likeness (QED) is 0.836. The average Bonchev–Trinajstić information content (AvgIpc) is 2.88. The highest BCUT2D eigenvalue weighted by Gasteiger charge is 2.25. The number of aliphatic carboxylic acids is 1. The van der Waals surface area contributed by atoms with Gasteiger partial charge in [0.05, 0.1) is 5.56 Å². The van der Waals surface area contributed by atoms with Crippen molar-refractivity contribution in [2.75, 3.05) is 18.0 Å². The first-order valence-electron chi connectivity index (χ1n) is 8.77. The number of aromatic nitrogens is 1. The van der Waals surface area contributed by atoms with E-state index in [0.717, 1.165) is 18.9 Å². The van der Waals surface area contributed by atoms with Crippen molar-refractivity contribution in [3.63, 3.8) is 0 Å². The van der Waals surface area contributed by atoms with E-state index in [2.05, 4.69) is 15.2 Å². The van der Waals surface area contributed by atoms with E-state index in [1.165, 1.54) is 31.9 Å². The lowest BCUT2D eigenvalue weighted by Gasteiger charge is -2.22. The summed E-state index contributed by atoms with van der Waals surface area (Å²) in [4.78, 5) is 30.3. The Hall–Kier alpha value is -2.11. The van der Waals surface area contributed by atoms with Crippen molar-refractivity contribution in [2.45, 2.75) is 52.0 Å². The Labute approximate surface area is 143 Å². The van der Waals surface area contributed by atoms with E-state index in [1.54, 1.807) is 6.07 Å². The van der Waals surface area contributed by atoms with E-state index in [4.69, 9.17) is 0 Å². The number of carboxylic acids is 1. The zero-order chi connectivity index (χ0) is 17.5. The first kappa shape index (κ1) is 18.2. The third kappa shape index (κ3) is 4.69. The van der Waals surface area contributed by atoms with Gasteiger partial charge in [-0.25, -0.2) is 9.78 Å². The smallest absolute Gasteiger partial charge is 0.326 e. The van der Waals surface area contributed by atoms with Crippen molar-refractivity contribution < 1.29 is 14.7 Å². The minimum absolute atomic E-state index is 0.129. The van der Waals surface area contributed by atoms with Crippen molar-refractivity contribution in [1.29, 1.82) is 0 Å². The molecule has 2 N–H and O–H groups in total. The summed E-state index contributed by atoms with van der Waals surface area (Å²) in [6, 6.07) is 2.69. The Kier molecular flexibility index (Phi) is 6.58. The summed E-state index contributed by atoms with van der Waals surface area (Å²) in [6.07, 6.45) is 7.05. The Bertz CT molecular complexity index is 551. The lowest BCUT2D eigenvalue weighted by molar-refractivity contribution is -0.140. The van der Waals surface area contributed by atoms with Crippen molar-refractivity contribution in [1.82, 2.24) is 10.3 Å². The van der Waals surface area contributed by atoms with Crippen molar-refractivity contribution in [2.24, 2.45) is 5.92 Å². The first-order valence-corrected chi connectivity index (χ1v) is 8.77. The van der Waals surface area contributed by atoms with Crippen LogP contribution in [0, 0.1) is 5.92 Å². The highest BCUT2D eigenvalue weighted by molar-refractivity contribution is 5.96. The predicted octanol–water partition coefficient (Wildman–Crippen LogP) is 2.69. The van der Waals surface area contributed by atoms with Gasteiger partial charge < -0.3 is 15.3 Å². The Morgan fingerprint density at radius 3 is 2.42 bits per heavy atom. The average molecular weight is 333 g/mol. The summed E-state index contributed by atoms with van der Waals surface area (Å²) < 4.78 is 0. The van der Waals surface area contributed by atoms with Crippen LogP contribution in [0.4, 0.5) is 5.82 Å². The molecule has 1 aromatic rings. The SMILES string of the molecule is CC[C@H](C)[C@H](NC(=O)c1ccc(N2CCCCCC2)nc1)C(=O)O. The van der Waals surface area contributed by atoms with Crippen molar-refractivity contribution >= 4 is 17.7 Å². The molecule has 0 bridgehead atoms. The van der Waals surface area contributed by atoms with E-state index in [1.807, 2.05) is 19.9 Å². The maximum atomic E-state index is 12.3. The number of hydrogen-bond donors (Lipinski definition) is 2. The molecular formula is C18H27N3O3. The fourth-order valence-corrected chi connectivity index (χ4v) is 2.91. The summed E-state index contributed by atoms with van der Waals surface area (Å²) in [6.45, 7) is 5.71. The Morgan fingerprint density at radius 2 is 1.92 bits per heavy atom. The van der Waals surface area contributed by atoms with E-state index in [0.29, 0.717) is 12.0 Å². The fourth-order valence-electron chi connectivity index (χ4n) is 2.91. The lowest BCUT2D eigenvalue weighted by Crippen LogP contribution is -2.45. The van der Waals surface area contributed by atoms with Gasteiger partial charge in [0.2, 0.25) is 0 Å². The second-order valence-electron chi connectivity index (χ2n) is 6.48. The number of nitrogens with one attached hydrogen (secondary N) is 1. The summed E-state index contributed by atoms with van der Waals surface area (Å²) in [7, 11) is 0. The van der Waals surface area contributed by atoms with Crippen LogP contribution in [-0.2, 0) is 4.79 Å². The monoisotopic (exact) mass is 333 g/mol. The Balaban J connectivity index is 2.03. The summed E-state index contributed by atoms with van der Waals surface area (Å²) in [5, 5.41) is 11.9. The molecule has 0 spiro atoms. The van der Waals surface area contributed by atoms with Crippen molar-refractivity contribution in [3.8, 4) is 0 Å². The second kappa shape index (κ2) is 8.66. The molecule has 2 heterocycles. The number of pyridine rings is 1. The van der Waals surface area contributed by atoms with Gasteiger partial charge in [0, 0.05) is 19.3 Å². The molecule has 0 aliphatic carbocycles. The van der Waals surface area contributed by atoms with Gasteiger partial charge in [0.15, 0.2) is 0 Å². The molecule has 6 heteroatoms. The van der Waals surface area contributed by atoms with Crippen molar-refractivity contribution in [3.05, 3.63) is 23.9 Å². The van der Waals surface area contributed by atoms with Crippen LogP contribution in [-0.4, -0.2) is 41.1 Å². The van der Waals surface area contributed by atoms with Gasteiger partial charge in [-0.05, 0) is 30.9 Å². The molecule has 132 valence electrons. The zero-order valence-electron chi connectivity index (χ0n) is 14.5. The second-order valence-corrected chi connectivity index (χ2v) is 6.48. The number of carbonyl (C=O) groups is 2. The minimum Gasteiger partial charge on any atom is -0.480 e. The summed E-state index contributed by atoms with van der Waals surface area (Å²) in [5.41, 5.74) is 0.392. The molecule has 1 fully saturated rings. The molecule has 1 aliphatic rings. The molecule has 1 aliphatic heterocycles. The van der Waals surface area contributed by atoms with Gasteiger partial charge in [-0.2, -0.15) is 0 Å². The molecule has 2 atom stereocenters. The van der Waals surface area contributed by atoms with Gasteiger partial charge in [-0.3, -0.25) is 4.79 Å². The number of nitrogens with zero attached hydrogens (tertiary/aromatic N) is 2. The Morgan fingerprint density at radius 1 is 1.25 bits per heavy atom. The van der Waals surface area contributed by atoms with E-state index < -0.39 is 17.9 Å². The van der Waals surface area contributed by atoms with Crippen LogP contribution in [0.5, 0.6) is 0 Å². The van der Waals surface area contributed by atoms with E-state index >= 15 is 0 Å². The number of carboxylic acid groups (broad SMARTS) is 1. The maximum Gasteiger partial charge on any atom is 0.326 e. The van der Waals surface area contributed by atoms with Gasteiger partial charge in [0.25, 0.3) is 5.91 Å². The fraction of sp³-hybridized carbons (Fsp3) is 0.611. The van der Waals surface area contributed by atoms with Crippen LogP contribution in [0.25, 0.3) is 0 Å². The highest BCUT2D eigenvalue weighted by Crippen LogP contribution is 2.17. The van der Waals surface area contributed by atoms with E-state index in [9.17, 15) is 14.7 Å². The van der Waals surface area contributed by atoms with Gasteiger partial charge in [-0.15, -0.1) is 0 Å². The molecule has 0 saturated carbocycles. The van der Waals surface area contributed by atoms with Gasteiger partial charge in [0.1, 0.15) is 11.9 Å². The third-order valence-corrected chi connectivity index (χ3v) is 4.71. The number of hydrogen-bond acceptors (Lipinski definition) is 4. The van der Waals surface area contributed by atoms with Crippen LogP contribution in [0.1, 0.15) is 56.3 Å². The zero-order valence-corrected chi connectivity index (χ0v) is 14.5. The lowest BCUT2D eigenvalue weighted by atomic mass is 9.99. The molecule has 1 amide bonds. The van der Waals surface area contributed by atoms with Crippen LogP contribution in [0.2, 0.25) is 0 Å². The molecule has 1 aromatic heterocycles. The molecule has 6 nitrogen and oxygen atoms in total. The van der Waals surface area contributed by atoms with Gasteiger partial charge >= 0.3 is 5.97 Å². The maximum absolute atomic E-state index is 12.3. The highest BCUT2D eigenvalue weighted by atomic mass is 16.4. The molecular weight excluding hydrogens is 306 g/mol. The number of amides is 1. The van der Waals surface area contributed by atoms with Crippen LogP contribution in [0.15, 0.2) is 18.3 Å². The standard InChI is InChI=1S/C18H27N3O3/c1-3-13(2)16(18(23)24)20-17(22)14-8-9-15(19-12-14)21-10-6-4-5-7-11-21/h8-9,12-13,16H,3-7,10-11H2,1-2H3,(H,20,22)(H,23,24)/t13-,16-/m0/s1.